The van der Waals surface area contributed by atoms with Crippen molar-refractivity contribution in [2.24, 2.45) is 5.92 Å². The van der Waals surface area contributed by atoms with Crippen molar-refractivity contribution in [2.75, 3.05) is 11.9 Å². The van der Waals surface area contributed by atoms with Crippen LogP contribution in [0.15, 0.2) is 18.2 Å². The zero-order valence-corrected chi connectivity index (χ0v) is 11.6. The van der Waals surface area contributed by atoms with Crippen LogP contribution in [0.1, 0.15) is 32.1 Å². The maximum atomic E-state index is 13.3. The molecule has 0 atom stereocenters. The third-order valence-electron chi connectivity index (χ3n) is 3.58. The minimum Gasteiger partial charge on any atom is -0.355 e. The zero-order chi connectivity index (χ0) is 15.2. The van der Waals surface area contributed by atoms with Gasteiger partial charge in [-0.05, 0) is 25.0 Å². The summed E-state index contributed by atoms with van der Waals surface area (Å²) in [5, 5.41) is 5.06. The molecule has 0 heterocycles. The Bertz CT molecular complexity index is 528. The Hall–Kier alpha value is -1.98. The normalized spacial score (nSPS) is 15.0. The van der Waals surface area contributed by atoms with Gasteiger partial charge in [0, 0.05) is 24.9 Å². The second kappa shape index (κ2) is 7.15. The fraction of sp³-hybridized carbons (Fsp3) is 0.467. The summed E-state index contributed by atoms with van der Waals surface area (Å²) in [5.74, 6) is -1.91. The first-order valence-electron chi connectivity index (χ1n) is 7.09. The van der Waals surface area contributed by atoms with E-state index in [4.69, 9.17) is 0 Å². The first kappa shape index (κ1) is 15.4. The van der Waals surface area contributed by atoms with Crippen molar-refractivity contribution in [2.45, 2.75) is 32.1 Å². The summed E-state index contributed by atoms with van der Waals surface area (Å²) < 4.78 is 26.1. The van der Waals surface area contributed by atoms with Crippen LogP contribution in [-0.2, 0) is 9.59 Å². The van der Waals surface area contributed by atoms with Crippen LogP contribution < -0.4 is 10.6 Å². The van der Waals surface area contributed by atoms with Crippen LogP contribution in [0.3, 0.4) is 0 Å². The lowest BCUT2D eigenvalue weighted by atomic mass is 10.1. The van der Waals surface area contributed by atoms with Crippen molar-refractivity contribution in [3.8, 4) is 0 Å². The summed E-state index contributed by atoms with van der Waals surface area (Å²) in [5.41, 5.74) is -0.0662. The molecule has 0 spiro atoms. The lowest BCUT2D eigenvalue weighted by molar-refractivity contribution is -0.124. The van der Waals surface area contributed by atoms with E-state index in [2.05, 4.69) is 10.6 Å². The third kappa shape index (κ3) is 4.51. The zero-order valence-electron chi connectivity index (χ0n) is 11.6. The van der Waals surface area contributed by atoms with Crippen LogP contribution in [0.25, 0.3) is 0 Å². The van der Waals surface area contributed by atoms with Crippen LogP contribution in [0.2, 0.25) is 0 Å². The van der Waals surface area contributed by atoms with Gasteiger partial charge in [-0.2, -0.15) is 0 Å². The molecule has 114 valence electrons. The lowest BCUT2D eigenvalue weighted by Gasteiger charge is -2.10. The third-order valence-corrected chi connectivity index (χ3v) is 3.58. The summed E-state index contributed by atoms with van der Waals surface area (Å²) >= 11 is 0. The molecule has 1 aromatic carbocycles. The van der Waals surface area contributed by atoms with Crippen molar-refractivity contribution in [1.82, 2.24) is 5.32 Å². The molecule has 0 radical (unpaired) electrons. The van der Waals surface area contributed by atoms with Gasteiger partial charge in [-0.25, -0.2) is 8.78 Å². The molecule has 0 unspecified atom stereocenters. The second-order valence-corrected chi connectivity index (χ2v) is 5.19. The summed E-state index contributed by atoms with van der Waals surface area (Å²) in [4.78, 5) is 23.4. The molecular formula is C15H18F2N2O2. The molecule has 1 saturated carbocycles. The number of nitrogens with one attached hydrogen (secondary N) is 2. The van der Waals surface area contributed by atoms with Crippen molar-refractivity contribution < 1.29 is 18.4 Å². The lowest BCUT2D eigenvalue weighted by Crippen LogP contribution is -2.32. The molecule has 0 bridgehead atoms. The number of benzene rings is 1. The van der Waals surface area contributed by atoms with E-state index in [0.29, 0.717) is 6.07 Å². The van der Waals surface area contributed by atoms with Crippen molar-refractivity contribution in [3.63, 3.8) is 0 Å². The number of carbonyl (C=O) groups excluding carboxylic acids is 2. The Morgan fingerprint density at radius 1 is 1.19 bits per heavy atom. The van der Waals surface area contributed by atoms with Crippen molar-refractivity contribution in [1.29, 1.82) is 0 Å². The number of hydrogen-bond acceptors (Lipinski definition) is 2. The van der Waals surface area contributed by atoms with Crippen LogP contribution in [0, 0.1) is 17.6 Å². The average Bonchev–Trinajstić information content (AvgIpc) is 2.96. The topological polar surface area (TPSA) is 58.2 Å². The molecule has 0 saturated heterocycles. The number of rotatable bonds is 5. The van der Waals surface area contributed by atoms with E-state index in [-0.39, 0.29) is 30.5 Å². The van der Waals surface area contributed by atoms with Gasteiger partial charge in [-0.15, -0.1) is 0 Å². The van der Waals surface area contributed by atoms with Crippen LogP contribution in [0.4, 0.5) is 14.5 Å². The largest absolute Gasteiger partial charge is 0.355 e. The van der Waals surface area contributed by atoms with Gasteiger partial charge in [0.2, 0.25) is 11.8 Å². The molecule has 1 aliphatic rings. The van der Waals surface area contributed by atoms with Crippen LogP contribution in [-0.4, -0.2) is 18.4 Å². The van der Waals surface area contributed by atoms with Gasteiger partial charge in [-0.3, -0.25) is 9.59 Å². The van der Waals surface area contributed by atoms with Gasteiger partial charge < -0.3 is 10.6 Å². The van der Waals surface area contributed by atoms with Gasteiger partial charge in [0.05, 0.1) is 5.69 Å². The fourth-order valence-electron chi connectivity index (χ4n) is 2.44. The van der Waals surface area contributed by atoms with E-state index in [1.807, 2.05) is 0 Å². The molecule has 21 heavy (non-hydrogen) atoms. The summed E-state index contributed by atoms with van der Waals surface area (Å²) in [7, 11) is 0. The van der Waals surface area contributed by atoms with Crippen LogP contribution in [0.5, 0.6) is 0 Å². The average molecular weight is 296 g/mol. The second-order valence-electron chi connectivity index (χ2n) is 5.19. The highest BCUT2D eigenvalue weighted by Gasteiger charge is 2.22. The Labute approximate surface area is 121 Å². The number of amides is 2. The molecule has 2 N–H and O–H groups in total. The Morgan fingerprint density at radius 3 is 2.57 bits per heavy atom. The predicted octanol–water partition coefficient (Wildman–Crippen LogP) is 2.60. The van der Waals surface area contributed by atoms with Gasteiger partial charge in [-0.1, -0.05) is 12.8 Å². The van der Waals surface area contributed by atoms with E-state index in [9.17, 15) is 18.4 Å². The minimum absolute atomic E-state index is 0.0201. The molecular weight excluding hydrogens is 278 g/mol. The molecule has 2 amide bonds. The van der Waals surface area contributed by atoms with E-state index < -0.39 is 17.5 Å². The Morgan fingerprint density at radius 2 is 1.90 bits per heavy atom. The Balaban J connectivity index is 1.73. The number of halogens is 2. The standard InChI is InChI=1S/C15H18F2N2O2/c16-11-5-6-13(12(17)9-11)19-14(20)7-8-18-15(21)10-3-1-2-4-10/h5-6,9-10H,1-4,7-8H2,(H,18,21)(H,19,20). The maximum absolute atomic E-state index is 13.3. The summed E-state index contributed by atoms with van der Waals surface area (Å²) in [6.07, 6.45) is 4.00. The van der Waals surface area contributed by atoms with Crippen LogP contribution >= 0.6 is 0 Å². The van der Waals surface area contributed by atoms with Gasteiger partial charge >= 0.3 is 0 Å². The van der Waals surface area contributed by atoms with E-state index in [1.165, 1.54) is 6.07 Å². The fourth-order valence-corrected chi connectivity index (χ4v) is 2.44. The van der Waals surface area contributed by atoms with Gasteiger partial charge in [0.25, 0.3) is 0 Å². The molecule has 1 aromatic rings. The predicted molar refractivity (Wildman–Crippen MR) is 74.6 cm³/mol. The first-order chi connectivity index (χ1) is 10.1. The molecule has 1 fully saturated rings. The number of hydrogen-bond donors (Lipinski definition) is 2. The molecule has 6 heteroatoms. The smallest absolute Gasteiger partial charge is 0.226 e. The minimum atomic E-state index is -0.821. The molecule has 0 aliphatic heterocycles. The van der Waals surface area contributed by atoms with E-state index >= 15 is 0 Å². The van der Waals surface area contributed by atoms with Crippen molar-refractivity contribution in [3.05, 3.63) is 29.8 Å². The summed E-state index contributed by atoms with van der Waals surface area (Å²) in [6.45, 7) is 0.212. The molecule has 2 rings (SSSR count). The van der Waals surface area contributed by atoms with E-state index in [1.54, 1.807) is 0 Å². The number of carbonyl (C=O) groups is 2. The Kier molecular flexibility index (Phi) is 5.25. The molecule has 1 aliphatic carbocycles. The molecule has 4 nitrogen and oxygen atoms in total. The van der Waals surface area contributed by atoms with Crippen molar-refractivity contribution >= 4 is 17.5 Å². The first-order valence-corrected chi connectivity index (χ1v) is 7.09. The van der Waals surface area contributed by atoms with E-state index in [0.717, 1.165) is 31.7 Å². The summed E-state index contributed by atoms with van der Waals surface area (Å²) in [6, 6.07) is 2.94. The highest BCUT2D eigenvalue weighted by atomic mass is 19.1. The maximum Gasteiger partial charge on any atom is 0.226 e. The highest BCUT2D eigenvalue weighted by molar-refractivity contribution is 5.91. The highest BCUT2D eigenvalue weighted by Crippen LogP contribution is 2.24. The molecule has 0 aromatic heterocycles. The van der Waals surface area contributed by atoms with Gasteiger partial charge in [0.15, 0.2) is 0 Å². The quantitative estimate of drug-likeness (QED) is 0.877. The van der Waals surface area contributed by atoms with Gasteiger partial charge in [0.1, 0.15) is 11.6 Å². The monoisotopic (exact) mass is 296 g/mol. The number of anilines is 1. The SMILES string of the molecule is O=C(CCNC(=O)C1CCCC1)Nc1ccc(F)cc1F.